The van der Waals surface area contributed by atoms with Gasteiger partial charge >= 0.3 is 0 Å². The first-order chi connectivity index (χ1) is 9.72. The lowest BCUT2D eigenvalue weighted by Crippen LogP contribution is -1.91. The molecule has 0 radical (unpaired) electrons. The number of rotatable bonds is 3. The average Bonchev–Trinajstić information content (AvgIpc) is 3.05. The van der Waals surface area contributed by atoms with Crippen molar-refractivity contribution in [2.45, 2.75) is 20.3 Å². The number of aromatic nitrogens is 1. The number of thiophene rings is 1. The summed E-state index contributed by atoms with van der Waals surface area (Å²) in [6.45, 7) is 4.21. The van der Waals surface area contributed by atoms with E-state index in [-0.39, 0.29) is 0 Å². The van der Waals surface area contributed by atoms with Crippen molar-refractivity contribution >= 4 is 17.2 Å². The van der Waals surface area contributed by atoms with Crippen LogP contribution in [0.1, 0.15) is 18.1 Å². The van der Waals surface area contributed by atoms with Crippen molar-refractivity contribution in [1.29, 1.82) is 0 Å². The van der Waals surface area contributed by atoms with Crippen LogP contribution in [0.3, 0.4) is 0 Å². The Bertz CT molecular complexity index is 743. The minimum Gasteiger partial charge on any atom is -0.380 e. The predicted octanol–water partition coefficient (Wildman–Crippen LogP) is 4.52. The maximum absolute atomic E-state index is 6.04. The molecule has 0 aliphatic heterocycles. The van der Waals surface area contributed by atoms with Gasteiger partial charge in [0.1, 0.15) is 0 Å². The van der Waals surface area contributed by atoms with Gasteiger partial charge in [-0.25, -0.2) is 0 Å². The van der Waals surface area contributed by atoms with Crippen molar-refractivity contribution in [3.8, 4) is 21.8 Å². The third-order valence-corrected chi connectivity index (χ3v) is 4.42. The molecule has 0 spiro atoms. The lowest BCUT2D eigenvalue weighted by molar-refractivity contribution is 0.436. The molecule has 2 N–H and O–H groups in total. The molecule has 1 aromatic carbocycles. The van der Waals surface area contributed by atoms with E-state index in [9.17, 15) is 0 Å². The van der Waals surface area contributed by atoms with Crippen LogP contribution < -0.4 is 5.73 Å². The molecular weight excluding hydrogens is 268 g/mol. The lowest BCUT2D eigenvalue weighted by Gasteiger charge is -2.06. The van der Waals surface area contributed by atoms with Crippen molar-refractivity contribution in [2.24, 2.45) is 0 Å². The molecule has 0 unspecified atom stereocenters. The van der Waals surface area contributed by atoms with Crippen LogP contribution in [0.25, 0.3) is 21.8 Å². The van der Waals surface area contributed by atoms with Gasteiger partial charge in [-0.05, 0) is 41.5 Å². The maximum atomic E-state index is 6.04. The lowest BCUT2D eigenvalue weighted by atomic mass is 9.99. The maximum Gasteiger partial charge on any atom is 0.187 e. The molecule has 3 aromatic rings. The Balaban J connectivity index is 2.23. The van der Waals surface area contributed by atoms with Crippen molar-refractivity contribution in [3.05, 3.63) is 46.8 Å². The zero-order chi connectivity index (χ0) is 14.1. The van der Waals surface area contributed by atoms with Gasteiger partial charge in [-0.3, -0.25) is 0 Å². The Labute approximate surface area is 122 Å². The van der Waals surface area contributed by atoms with Crippen LogP contribution in [0.2, 0.25) is 0 Å². The van der Waals surface area contributed by atoms with E-state index >= 15 is 0 Å². The predicted molar refractivity (Wildman–Crippen MR) is 83.8 cm³/mol. The van der Waals surface area contributed by atoms with Gasteiger partial charge < -0.3 is 10.3 Å². The largest absolute Gasteiger partial charge is 0.380 e. The molecule has 0 saturated carbocycles. The Morgan fingerprint density at radius 2 is 2.05 bits per heavy atom. The molecule has 0 atom stereocenters. The van der Waals surface area contributed by atoms with Crippen LogP contribution in [-0.4, -0.2) is 5.16 Å². The minimum atomic E-state index is 0.449. The fraction of sp³-hybridized carbons (Fsp3) is 0.188. The Morgan fingerprint density at radius 1 is 1.25 bits per heavy atom. The highest BCUT2D eigenvalue weighted by molar-refractivity contribution is 7.13. The molecule has 0 fully saturated rings. The quantitative estimate of drug-likeness (QED) is 0.769. The number of aryl methyl sites for hydroxylation is 2. The first-order valence-corrected chi connectivity index (χ1v) is 7.48. The van der Waals surface area contributed by atoms with Gasteiger partial charge in [0.2, 0.25) is 0 Å². The van der Waals surface area contributed by atoms with Crippen LogP contribution in [0.15, 0.2) is 40.2 Å². The highest BCUT2D eigenvalue weighted by atomic mass is 32.1. The van der Waals surface area contributed by atoms with Crippen LogP contribution in [0.4, 0.5) is 5.82 Å². The number of nitrogens with zero attached hydrogens (tertiary/aromatic N) is 1. The van der Waals surface area contributed by atoms with Gasteiger partial charge in [-0.2, -0.15) is 0 Å². The highest BCUT2D eigenvalue weighted by Gasteiger charge is 2.21. The SMILES string of the molecule is CCc1ccsc1-c1onc(N)c1-c1ccccc1C. The van der Waals surface area contributed by atoms with Crippen LogP contribution in [-0.2, 0) is 6.42 Å². The molecule has 0 bridgehead atoms. The standard InChI is InChI=1S/C16H16N2OS/c1-3-11-8-9-20-15(11)14-13(16(17)18-19-14)12-7-5-4-6-10(12)2/h4-9H,3H2,1-2H3,(H2,17,18). The molecule has 3 nitrogen and oxygen atoms in total. The van der Waals surface area contributed by atoms with E-state index in [0.29, 0.717) is 5.82 Å². The molecule has 2 heterocycles. The molecule has 0 aliphatic carbocycles. The van der Waals surface area contributed by atoms with Gasteiger partial charge in [-0.1, -0.05) is 36.3 Å². The van der Waals surface area contributed by atoms with Gasteiger partial charge in [0.25, 0.3) is 0 Å². The molecule has 0 aliphatic rings. The fourth-order valence-electron chi connectivity index (χ4n) is 2.38. The van der Waals surface area contributed by atoms with E-state index in [2.05, 4.69) is 42.6 Å². The fourth-order valence-corrected chi connectivity index (χ4v) is 3.36. The smallest absolute Gasteiger partial charge is 0.187 e. The first-order valence-electron chi connectivity index (χ1n) is 6.60. The monoisotopic (exact) mass is 284 g/mol. The number of hydrogen-bond donors (Lipinski definition) is 1. The van der Waals surface area contributed by atoms with Crippen molar-refractivity contribution in [1.82, 2.24) is 5.16 Å². The normalized spacial score (nSPS) is 10.9. The summed E-state index contributed by atoms with van der Waals surface area (Å²) in [5.41, 5.74) is 10.5. The summed E-state index contributed by atoms with van der Waals surface area (Å²) in [7, 11) is 0. The topological polar surface area (TPSA) is 52.0 Å². The van der Waals surface area contributed by atoms with E-state index in [0.717, 1.165) is 28.2 Å². The van der Waals surface area contributed by atoms with Crippen LogP contribution in [0, 0.1) is 6.92 Å². The second-order valence-electron chi connectivity index (χ2n) is 4.72. The molecule has 3 rings (SSSR count). The number of nitrogens with two attached hydrogens (primary N) is 1. The first kappa shape index (κ1) is 12.9. The van der Waals surface area contributed by atoms with Crippen LogP contribution in [0.5, 0.6) is 0 Å². The minimum absolute atomic E-state index is 0.449. The van der Waals surface area contributed by atoms with Gasteiger partial charge in [0, 0.05) is 0 Å². The number of benzene rings is 1. The van der Waals surface area contributed by atoms with Gasteiger partial charge in [0.15, 0.2) is 11.6 Å². The number of hydrogen-bond acceptors (Lipinski definition) is 4. The van der Waals surface area contributed by atoms with E-state index < -0.39 is 0 Å². The summed E-state index contributed by atoms with van der Waals surface area (Å²) in [5.74, 6) is 1.23. The Kier molecular flexibility index (Phi) is 3.32. The number of nitrogen functional groups attached to an aromatic ring is 1. The van der Waals surface area contributed by atoms with E-state index in [1.807, 2.05) is 12.1 Å². The van der Waals surface area contributed by atoms with Gasteiger partial charge in [-0.15, -0.1) is 11.3 Å². The summed E-state index contributed by atoms with van der Waals surface area (Å²) in [6.07, 6.45) is 0.965. The van der Waals surface area contributed by atoms with Crippen molar-refractivity contribution in [3.63, 3.8) is 0 Å². The zero-order valence-electron chi connectivity index (χ0n) is 11.5. The Morgan fingerprint density at radius 3 is 2.80 bits per heavy atom. The van der Waals surface area contributed by atoms with Crippen LogP contribution >= 0.6 is 11.3 Å². The summed E-state index contributed by atoms with van der Waals surface area (Å²) >= 11 is 1.67. The van der Waals surface area contributed by atoms with E-state index in [1.54, 1.807) is 11.3 Å². The van der Waals surface area contributed by atoms with Gasteiger partial charge in [0.05, 0.1) is 10.4 Å². The van der Waals surface area contributed by atoms with Crippen molar-refractivity contribution < 1.29 is 4.52 Å². The van der Waals surface area contributed by atoms with E-state index in [1.165, 1.54) is 11.1 Å². The summed E-state index contributed by atoms with van der Waals surface area (Å²) < 4.78 is 5.53. The molecule has 4 heteroatoms. The molecular formula is C16H16N2OS. The molecule has 2 aromatic heterocycles. The summed E-state index contributed by atoms with van der Waals surface area (Å²) in [6, 6.07) is 10.3. The summed E-state index contributed by atoms with van der Waals surface area (Å²) in [5, 5.41) is 6.05. The highest BCUT2D eigenvalue weighted by Crippen LogP contribution is 2.41. The average molecular weight is 284 g/mol. The van der Waals surface area contributed by atoms with Crippen molar-refractivity contribution in [2.75, 3.05) is 5.73 Å². The molecule has 0 amide bonds. The second-order valence-corrected chi connectivity index (χ2v) is 5.63. The third kappa shape index (κ3) is 2.02. The second kappa shape index (κ2) is 5.13. The third-order valence-electron chi connectivity index (χ3n) is 3.47. The molecule has 20 heavy (non-hydrogen) atoms. The van der Waals surface area contributed by atoms with E-state index in [4.69, 9.17) is 10.3 Å². The Hall–Kier alpha value is -2.07. The number of anilines is 1. The molecule has 0 saturated heterocycles. The zero-order valence-corrected chi connectivity index (χ0v) is 12.3. The summed E-state index contributed by atoms with van der Waals surface area (Å²) in [4.78, 5) is 1.12. The molecule has 102 valence electrons.